The SMILES string of the molecule is CC(=O)C(C)(Cc1ccccc1)[SH](=O)=O. The summed E-state index contributed by atoms with van der Waals surface area (Å²) in [5.74, 6) is -0.317. The Bertz CT molecular complexity index is 415. The van der Waals surface area contributed by atoms with Crippen LogP contribution in [0.1, 0.15) is 19.4 Å². The molecule has 1 aromatic carbocycles. The van der Waals surface area contributed by atoms with E-state index in [0.29, 0.717) is 0 Å². The zero-order valence-corrected chi connectivity index (χ0v) is 9.66. The van der Waals surface area contributed by atoms with E-state index in [0.717, 1.165) is 5.56 Å². The molecule has 1 unspecified atom stereocenters. The minimum Gasteiger partial charge on any atom is -0.298 e. The average molecular weight is 226 g/mol. The predicted molar refractivity (Wildman–Crippen MR) is 59.5 cm³/mol. The Morgan fingerprint density at radius 2 is 1.80 bits per heavy atom. The molecule has 0 aliphatic heterocycles. The van der Waals surface area contributed by atoms with E-state index >= 15 is 0 Å². The summed E-state index contributed by atoms with van der Waals surface area (Å²) in [5.41, 5.74) is 0.856. The first-order chi connectivity index (χ1) is 6.97. The molecular weight excluding hydrogens is 212 g/mol. The lowest BCUT2D eigenvalue weighted by atomic mass is 9.97. The highest BCUT2D eigenvalue weighted by molar-refractivity contribution is 7.75. The lowest BCUT2D eigenvalue weighted by molar-refractivity contribution is -0.119. The van der Waals surface area contributed by atoms with Crippen molar-refractivity contribution in [3.63, 3.8) is 0 Å². The van der Waals surface area contributed by atoms with Crippen molar-refractivity contribution in [2.75, 3.05) is 0 Å². The number of ketones is 1. The van der Waals surface area contributed by atoms with Crippen molar-refractivity contribution in [1.82, 2.24) is 0 Å². The van der Waals surface area contributed by atoms with Crippen molar-refractivity contribution in [2.45, 2.75) is 25.0 Å². The number of hydrogen-bond donors (Lipinski definition) is 1. The van der Waals surface area contributed by atoms with Crippen LogP contribution in [0.3, 0.4) is 0 Å². The van der Waals surface area contributed by atoms with Crippen molar-refractivity contribution < 1.29 is 13.2 Å². The Kier molecular flexibility index (Phi) is 3.63. The molecule has 3 nitrogen and oxygen atoms in total. The molecule has 1 atom stereocenters. The Balaban J connectivity index is 3.01. The first-order valence-corrected chi connectivity index (χ1v) is 5.84. The number of hydrogen-bond acceptors (Lipinski definition) is 3. The maximum absolute atomic E-state index is 11.3. The topological polar surface area (TPSA) is 51.2 Å². The molecule has 0 saturated carbocycles. The zero-order valence-electron chi connectivity index (χ0n) is 8.77. The number of benzene rings is 1. The summed E-state index contributed by atoms with van der Waals surface area (Å²) in [6.45, 7) is 2.78. The van der Waals surface area contributed by atoms with E-state index < -0.39 is 15.5 Å². The standard InChI is InChI=1S/C11H14O3S/c1-9(12)11(2,15(13)14)8-10-6-4-3-5-7-10/h3-7,15H,8H2,1-2H3. The number of Topliss-reactive ketones (excluding diaryl/α,β-unsaturated/α-hetero) is 1. The van der Waals surface area contributed by atoms with Gasteiger partial charge in [-0.1, -0.05) is 30.3 Å². The van der Waals surface area contributed by atoms with Crippen molar-refractivity contribution >= 4 is 16.5 Å². The molecule has 0 fully saturated rings. The van der Waals surface area contributed by atoms with Gasteiger partial charge in [0.05, 0.1) is 0 Å². The Morgan fingerprint density at radius 1 is 1.27 bits per heavy atom. The molecule has 1 rings (SSSR count). The fourth-order valence-corrected chi connectivity index (χ4v) is 1.88. The maximum Gasteiger partial charge on any atom is 0.153 e. The van der Waals surface area contributed by atoms with Gasteiger partial charge in [0, 0.05) is 0 Å². The highest BCUT2D eigenvalue weighted by Gasteiger charge is 2.33. The van der Waals surface area contributed by atoms with Crippen LogP contribution in [-0.4, -0.2) is 18.9 Å². The van der Waals surface area contributed by atoms with Gasteiger partial charge in [-0.2, -0.15) is 0 Å². The molecule has 0 heterocycles. The van der Waals surface area contributed by atoms with E-state index in [1.165, 1.54) is 13.8 Å². The second-order valence-corrected chi connectivity index (χ2v) is 5.25. The van der Waals surface area contributed by atoms with Crippen molar-refractivity contribution in [1.29, 1.82) is 0 Å². The largest absolute Gasteiger partial charge is 0.298 e. The summed E-state index contributed by atoms with van der Waals surface area (Å²) in [4.78, 5) is 11.3. The first kappa shape index (κ1) is 11.9. The average Bonchev–Trinajstić information content (AvgIpc) is 2.18. The van der Waals surface area contributed by atoms with Crippen LogP contribution in [0.15, 0.2) is 30.3 Å². The van der Waals surface area contributed by atoms with Crippen LogP contribution in [0.5, 0.6) is 0 Å². The molecule has 0 aliphatic rings. The van der Waals surface area contributed by atoms with Gasteiger partial charge < -0.3 is 0 Å². The van der Waals surface area contributed by atoms with Gasteiger partial charge in [-0.25, -0.2) is 8.42 Å². The lowest BCUT2D eigenvalue weighted by Crippen LogP contribution is -2.37. The molecule has 4 heteroatoms. The van der Waals surface area contributed by atoms with E-state index in [1.807, 2.05) is 30.3 Å². The Hall–Kier alpha value is -1.16. The minimum absolute atomic E-state index is 0.238. The third kappa shape index (κ3) is 2.65. The zero-order chi connectivity index (χ0) is 11.5. The van der Waals surface area contributed by atoms with Crippen LogP contribution in [0, 0.1) is 0 Å². The fourth-order valence-electron chi connectivity index (χ4n) is 1.31. The molecule has 0 aliphatic carbocycles. The molecule has 0 spiro atoms. The van der Waals surface area contributed by atoms with Gasteiger partial charge >= 0.3 is 0 Å². The Labute approximate surface area is 91.1 Å². The van der Waals surface area contributed by atoms with Crippen LogP contribution < -0.4 is 0 Å². The monoisotopic (exact) mass is 226 g/mol. The fraction of sp³-hybridized carbons (Fsp3) is 0.364. The van der Waals surface area contributed by atoms with E-state index in [2.05, 4.69) is 0 Å². The van der Waals surface area contributed by atoms with E-state index in [9.17, 15) is 13.2 Å². The molecule has 0 N–H and O–H groups in total. The second kappa shape index (κ2) is 4.57. The van der Waals surface area contributed by atoms with Crippen molar-refractivity contribution in [3.05, 3.63) is 35.9 Å². The second-order valence-electron chi connectivity index (χ2n) is 3.75. The first-order valence-electron chi connectivity index (χ1n) is 4.66. The normalized spacial score (nSPS) is 14.9. The van der Waals surface area contributed by atoms with Gasteiger partial charge in [-0.3, -0.25) is 4.79 Å². The summed E-state index contributed by atoms with van der Waals surface area (Å²) in [7, 11) is -2.76. The number of thiol groups is 1. The summed E-state index contributed by atoms with van der Waals surface area (Å²) >= 11 is 0. The van der Waals surface area contributed by atoms with Gasteiger partial charge in [0.25, 0.3) is 0 Å². The van der Waals surface area contributed by atoms with Gasteiger partial charge in [0.2, 0.25) is 0 Å². The van der Waals surface area contributed by atoms with Gasteiger partial charge in [0.1, 0.15) is 4.75 Å². The van der Waals surface area contributed by atoms with Crippen LogP contribution in [0.4, 0.5) is 0 Å². The highest BCUT2D eigenvalue weighted by Crippen LogP contribution is 2.18. The number of carbonyl (C=O) groups is 1. The number of rotatable bonds is 4. The predicted octanol–water partition coefficient (Wildman–Crippen LogP) is 1.19. The molecule has 0 saturated heterocycles. The molecule has 0 amide bonds. The molecular formula is C11H14O3S. The maximum atomic E-state index is 11.3. The molecule has 82 valence electrons. The van der Waals surface area contributed by atoms with Crippen LogP contribution >= 0.6 is 0 Å². The third-order valence-corrected chi connectivity index (χ3v) is 3.83. The molecule has 1 aromatic rings. The molecule has 15 heavy (non-hydrogen) atoms. The minimum atomic E-state index is -2.76. The van der Waals surface area contributed by atoms with Crippen molar-refractivity contribution in [2.24, 2.45) is 0 Å². The molecule has 0 radical (unpaired) electrons. The van der Waals surface area contributed by atoms with Crippen LogP contribution in [-0.2, 0) is 21.9 Å². The van der Waals surface area contributed by atoms with E-state index in [4.69, 9.17) is 0 Å². The van der Waals surface area contributed by atoms with Crippen molar-refractivity contribution in [3.8, 4) is 0 Å². The van der Waals surface area contributed by atoms with Crippen LogP contribution in [0.25, 0.3) is 0 Å². The number of carbonyl (C=O) groups excluding carboxylic acids is 1. The third-order valence-electron chi connectivity index (χ3n) is 2.55. The summed E-state index contributed by atoms with van der Waals surface area (Å²) < 4.78 is 20.9. The highest BCUT2D eigenvalue weighted by atomic mass is 32.2. The summed E-state index contributed by atoms with van der Waals surface area (Å²) in [5, 5.41) is 0. The van der Waals surface area contributed by atoms with Crippen LogP contribution in [0.2, 0.25) is 0 Å². The summed E-state index contributed by atoms with van der Waals surface area (Å²) in [6, 6.07) is 9.15. The van der Waals surface area contributed by atoms with Gasteiger partial charge in [0.15, 0.2) is 16.5 Å². The van der Waals surface area contributed by atoms with Gasteiger partial charge in [-0.05, 0) is 25.8 Å². The summed E-state index contributed by atoms with van der Waals surface area (Å²) in [6.07, 6.45) is 0.238. The van der Waals surface area contributed by atoms with Gasteiger partial charge in [-0.15, -0.1) is 0 Å². The van der Waals surface area contributed by atoms with E-state index in [1.54, 1.807) is 0 Å². The Morgan fingerprint density at radius 3 is 2.20 bits per heavy atom. The molecule has 0 bridgehead atoms. The molecule has 0 aromatic heterocycles. The van der Waals surface area contributed by atoms with E-state index in [-0.39, 0.29) is 12.2 Å². The smallest absolute Gasteiger partial charge is 0.153 e. The lowest BCUT2D eigenvalue weighted by Gasteiger charge is -2.19. The quantitative estimate of drug-likeness (QED) is 0.785.